The molecule has 0 spiro atoms. The van der Waals surface area contributed by atoms with Crippen molar-refractivity contribution in [2.45, 2.75) is 6.42 Å². The van der Waals surface area contributed by atoms with Crippen LogP contribution in [-0.2, 0) is 4.74 Å². The lowest BCUT2D eigenvalue weighted by molar-refractivity contribution is 0.172. The van der Waals surface area contributed by atoms with Crippen LogP contribution in [0.4, 0.5) is 0 Å². The number of phenols is 1. The molecule has 0 bridgehead atoms. The molecule has 15 heavy (non-hydrogen) atoms. The van der Waals surface area contributed by atoms with Crippen LogP contribution in [0.25, 0.3) is 0 Å². The Labute approximate surface area is 102 Å². The van der Waals surface area contributed by atoms with E-state index in [9.17, 15) is 5.11 Å². The molecule has 1 aromatic carbocycles. The molecule has 0 radical (unpaired) electrons. The average Bonchev–Trinajstić information content (AvgIpc) is 2.20. The van der Waals surface area contributed by atoms with Gasteiger partial charge in [0.1, 0.15) is 11.5 Å². The Bertz CT molecular complexity index is 331. The predicted molar refractivity (Wildman–Crippen MR) is 62.8 cm³/mol. The monoisotopic (exact) mass is 294 g/mol. The summed E-state index contributed by atoms with van der Waals surface area (Å²) < 4.78 is 10.8. The normalized spacial score (nSPS) is 10.3. The maximum Gasteiger partial charge on any atom is 0.141 e. The largest absolute Gasteiger partial charge is 0.507 e. The zero-order valence-corrected chi connectivity index (χ0v) is 10.6. The molecule has 1 rings (SSSR count). The lowest BCUT2D eigenvalue weighted by atomic mass is 10.3. The zero-order chi connectivity index (χ0) is 11.3. The van der Waals surface area contributed by atoms with Gasteiger partial charge in [-0.15, -0.1) is 0 Å². The second-order valence-corrected chi connectivity index (χ2v) is 4.19. The van der Waals surface area contributed by atoms with E-state index >= 15 is 0 Å². The summed E-state index contributed by atoms with van der Waals surface area (Å²) in [6.07, 6.45) is 0.781. The van der Waals surface area contributed by atoms with E-state index in [4.69, 9.17) is 21.1 Å². The number of phenolic OH excluding ortho intramolecular Hbond substituents is 1. The van der Waals surface area contributed by atoms with Crippen molar-refractivity contribution in [3.8, 4) is 11.5 Å². The third-order valence-electron chi connectivity index (χ3n) is 1.75. The lowest BCUT2D eigenvalue weighted by Gasteiger charge is -2.08. The van der Waals surface area contributed by atoms with Crippen molar-refractivity contribution in [2.75, 3.05) is 20.3 Å². The molecule has 0 saturated carbocycles. The van der Waals surface area contributed by atoms with E-state index in [2.05, 4.69) is 15.9 Å². The highest BCUT2D eigenvalue weighted by atomic mass is 79.9. The van der Waals surface area contributed by atoms with Gasteiger partial charge in [-0.2, -0.15) is 0 Å². The summed E-state index contributed by atoms with van der Waals surface area (Å²) in [6, 6.07) is 3.09. The second kappa shape index (κ2) is 6.20. The van der Waals surface area contributed by atoms with Crippen molar-refractivity contribution in [2.24, 2.45) is 0 Å². The van der Waals surface area contributed by atoms with Gasteiger partial charge in [0.05, 0.1) is 16.1 Å². The van der Waals surface area contributed by atoms with Crippen LogP contribution in [0.5, 0.6) is 11.5 Å². The summed E-state index contributed by atoms with van der Waals surface area (Å²) in [5.74, 6) is 0.592. The summed E-state index contributed by atoms with van der Waals surface area (Å²) in [5, 5.41) is 9.89. The van der Waals surface area contributed by atoms with Crippen molar-refractivity contribution in [1.29, 1.82) is 0 Å². The molecule has 0 aromatic heterocycles. The lowest BCUT2D eigenvalue weighted by Crippen LogP contribution is -2.01. The molecule has 0 fully saturated rings. The van der Waals surface area contributed by atoms with Gasteiger partial charge in [0, 0.05) is 26.2 Å². The molecule has 0 heterocycles. The molecule has 1 N–H and O–H groups in total. The smallest absolute Gasteiger partial charge is 0.141 e. The van der Waals surface area contributed by atoms with Crippen molar-refractivity contribution >= 4 is 27.5 Å². The Morgan fingerprint density at radius 1 is 1.40 bits per heavy atom. The minimum Gasteiger partial charge on any atom is -0.507 e. The number of halogens is 2. The summed E-state index contributed by atoms with van der Waals surface area (Å²) in [6.45, 7) is 1.15. The Balaban J connectivity index is 2.57. The van der Waals surface area contributed by atoms with E-state index in [1.165, 1.54) is 6.07 Å². The number of rotatable bonds is 5. The third-order valence-corrected chi connectivity index (χ3v) is 2.68. The molecule has 3 nitrogen and oxygen atoms in total. The van der Waals surface area contributed by atoms with Crippen LogP contribution in [0.2, 0.25) is 5.02 Å². The fraction of sp³-hybridized carbons (Fsp3) is 0.400. The number of benzene rings is 1. The summed E-state index contributed by atoms with van der Waals surface area (Å²) in [5.41, 5.74) is 0. The molecular formula is C10H12BrClO3. The first-order valence-corrected chi connectivity index (χ1v) is 5.62. The number of methoxy groups -OCH3 is 1. The minimum atomic E-state index is 0.112. The Kier molecular flexibility index (Phi) is 5.22. The Hall–Kier alpha value is -0.450. The van der Waals surface area contributed by atoms with Crippen molar-refractivity contribution < 1.29 is 14.6 Å². The highest BCUT2D eigenvalue weighted by Gasteiger charge is 2.06. The topological polar surface area (TPSA) is 38.7 Å². The van der Waals surface area contributed by atoms with E-state index in [1.54, 1.807) is 13.2 Å². The SMILES string of the molecule is COCCCOc1cc(O)c(Br)cc1Cl. The number of hydrogen-bond acceptors (Lipinski definition) is 3. The molecule has 84 valence electrons. The van der Waals surface area contributed by atoms with Gasteiger partial charge >= 0.3 is 0 Å². The number of hydrogen-bond donors (Lipinski definition) is 1. The third kappa shape index (κ3) is 3.89. The van der Waals surface area contributed by atoms with Crippen LogP contribution >= 0.6 is 27.5 Å². The van der Waals surface area contributed by atoms with Crippen LogP contribution in [0.1, 0.15) is 6.42 Å². The van der Waals surface area contributed by atoms with Crippen LogP contribution in [0.15, 0.2) is 16.6 Å². The maximum absolute atomic E-state index is 9.42. The molecule has 1 aromatic rings. The molecule has 0 saturated heterocycles. The molecule has 0 amide bonds. The first kappa shape index (κ1) is 12.6. The molecule has 0 aliphatic heterocycles. The molecule has 0 aliphatic carbocycles. The van der Waals surface area contributed by atoms with Crippen LogP contribution in [0, 0.1) is 0 Å². The molecule has 5 heteroatoms. The quantitative estimate of drug-likeness (QED) is 0.848. The van der Waals surface area contributed by atoms with Gasteiger partial charge in [-0.25, -0.2) is 0 Å². The number of aromatic hydroxyl groups is 1. The molecular weight excluding hydrogens is 283 g/mol. The van der Waals surface area contributed by atoms with Crippen LogP contribution < -0.4 is 4.74 Å². The van der Waals surface area contributed by atoms with Crippen molar-refractivity contribution in [3.63, 3.8) is 0 Å². The first-order valence-electron chi connectivity index (χ1n) is 4.45. The van der Waals surface area contributed by atoms with E-state index < -0.39 is 0 Å². The standard InChI is InChI=1S/C10H12BrClO3/c1-14-3-2-4-15-10-6-9(13)7(11)5-8(10)12/h5-6,13H,2-4H2,1H3. The van der Waals surface area contributed by atoms with Crippen molar-refractivity contribution in [1.82, 2.24) is 0 Å². The van der Waals surface area contributed by atoms with E-state index in [-0.39, 0.29) is 5.75 Å². The maximum atomic E-state index is 9.42. The minimum absolute atomic E-state index is 0.112. The van der Waals surface area contributed by atoms with Crippen molar-refractivity contribution in [3.05, 3.63) is 21.6 Å². The summed E-state index contributed by atoms with van der Waals surface area (Å²) in [4.78, 5) is 0. The summed E-state index contributed by atoms with van der Waals surface area (Å²) >= 11 is 9.08. The zero-order valence-electron chi connectivity index (χ0n) is 8.30. The fourth-order valence-electron chi connectivity index (χ4n) is 1.01. The summed E-state index contributed by atoms with van der Waals surface area (Å²) in [7, 11) is 1.64. The first-order chi connectivity index (χ1) is 7.15. The van der Waals surface area contributed by atoms with Gasteiger partial charge in [0.25, 0.3) is 0 Å². The second-order valence-electron chi connectivity index (χ2n) is 2.93. The van der Waals surface area contributed by atoms with Gasteiger partial charge in [-0.05, 0) is 22.0 Å². The highest BCUT2D eigenvalue weighted by molar-refractivity contribution is 9.10. The van der Waals surface area contributed by atoms with Gasteiger partial charge in [-0.1, -0.05) is 11.6 Å². The van der Waals surface area contributed by atoms with E-state index in [0.29, 0.717) is 28.5 Å². The van der Waals surface area contributed by atoms with E-state index in [0.717, 1.165) is 6.42 Å². The van der Waals surface area contributed by atoms with Crippen LogP contribution in [0.3, 0.4) is 0 Å². The van der Waals surface area contributed by atoms with Gasteiger partial charge in [0.2, 0.25) is 0 Å². The Morgan fingerprint density at radius 2 is 2.13 bits per heavy atom. The highest BCUT2D eigenvalue weighted by Crippen LogP contribution is 2.35. The van der Waals surface area contributed by atoms with Gasteiger partial charge in [-0.3, -0.25) is 0 Å². The van der Waals surface area contributed by atoms with Gasteiger partial charge in [0.15, 0.2) is 0 Å². The van der Waals surface area contributed by atoms with Gasteiger partial charge < -0.3 is 14.6 Å². The molecule has 0 atom stereocenters. The van der Waals surface area contributed by atoms with Crippen LogP contribution in [-0.4, -0.2) is 25.4 Å². The molecule has 0 aliphatic rings. The number of ether oxygens (including phenoxy) is 2. The fourth-order valence-corrected chi connectivity index (χ4v) is 1.71. The average molecular weight is 296 g/mol. The van der Waals surface area contributed by atoms with E-state index in [1.807, 2.05) is 0 Å². The Morgan fingerprint density at radius 3 is 2.80 bits per heavy atom. The molecule has 0 unspecified atom stereocenters. The predicted octanol–water partition coefficient (Wildman–Crippen LogP) is 3.22.